The number of hydrogen-bond donors (Lipinski definition) is 6. The fourth-order valence-electron chi connectivity index (χ4n) is 0. The van der Waals surface area contributed by atoms with Crippen molar-refractivity contribution in [1.82, 2.24) is 0 Å². The van der Waals surface area contributed by atoms with Gasteiger partial charge in [0.15, 0.2) is 0 Å². The van der Waals surface area contributed by atoms with Gasteiger partial charge in [-0.3, -0.25) is 0 Å². The van der Waals surface area contributed by atoms with Crippen molar-refractivity contribution < 1.29 is 0 Å². The van der Waals surface area contributed by atoms with Crippen LogP contribution in [0.2, 0.25) is 0 Å². The smallest absolute Gasteiger partial charge is 0.00461 e. The van der Waals surface area contributed by atoms with Gasteiger partial charge in [-0.15, -0.1) is 39.5 Å². The van der Waals surface area contributed by atoms with Crippen LogP contribution in [0.1, 0.15) is 0 Å². The highest BCUT2D eigenvalue weighted by atomic mass is 14.6. The first kappa shape index (κ1) is 36.0. The maximum atomic E-state index is 4.90. The van der Waals surface area contributed by atoms with E-state index in [0.717, 1.165) is 0 Å². The molecule has 0 aliphatic rings. The molecule has 0 aromatic rings. The molecule has 6 nitrogen and oxygen atoms in total. The summed E-state index contributed by atoms with van der Waals surface area (Å²) >= 11 is 0. The van der Waals surface area contributed by atoms with Crippen LogP contribution >= 0.6 is 0 Å². The van der Waals surface area contributed by atoms with E-state index in [1.807, 2.05) is 0 Å². The number of rotatable bonds is 3. The molecule has 0 saturated carbocycles. The van der Waals surface area contributed by atoms with E-state index >= 15 is 0 Å². The molecule has 0 aliphatic carbocycles. The summed E-state index contributed by atoms with van der Waals surface area (Å²) in [5.41, 5.74) is 29.4. The Labute approximate surface area is 114 Å². The average molecular weight is 264 g/mol. The third-order valence-electron chi connectivity index (χ3n) is 0.500. The summed E-state index contributed by atoms with van der Waals surface area (Å²) < 4.78 is 0. The summed E-state index contributed by atoms with van der Waals surface area (Å²) in [5, 5.41) is 0. The number of hydrogen-bond acceptors (Lipinski definition) is 6. The van der Waals surface area contributed by atoms with E-state index in [1.54, 1.807) is 0 Å². The molecule has 0 aromatic heterocycles. The first-order valence-corrected chi connectivity index (χ1v) is 5.45. The van der Waals surface area contributed by atoms with Crippen LogP contribution in [0.25, 0.3) is 0 Å². The molecule has 12 N–H and O–H groups in total. The van der Waals surface area contributed by atoms with Crippen LogP contribution in [-0.2, 0) is 0 Å². The molecule has 0 amide bonds. The molecule has 0 rings (SSSR count). The van der Waals surface area contributed by atoms with E-state index in [9.17, 15) is 0 Å². The fourth-order valence-corrected chi connectivity index (χ4v) is 0. The van der Waals surface area contributed by atoms with Crippen molar-refractivity contribution >= 4 is 0 Å². The molecule has 114 valence electrons. The summed E-state index contributed by atoms with van der Waals surface area (Å²) in [7, 11) is 0. The maximum absolute atomic E-state index is 4.90. The lowest BCUT2D eigenvalue weighted by Crippen LogP contribution is -2.11. The minimum atomic E-state index is 0.597. The molecule has 0 heterocycles. The second kappa shape index (κ2) is 145. The van der Waals surface area contributed by atoms with Gasteiger partial charge >= 0.3 is 0 Å². The maximum Gasteiger partial charge on any atom is 0.00461 e. The first-order chi connectivity index (χ1) is 8.74. The zero-order chi connectivity index (χ0) is 16.2. The van der Waals surface area contributed by atoms with Crippen molar-refractivity contribution in [3.05, 3.63) is 39.5 Å². The van der Waals surface area contributed by atoms with E-state index < -0.39 is 0 Å². The molecule has 0 fully saturated rings. The van der Waals surface area contributed by atoms with Crippen molar-refractivity contribution in [3.8, 4) is 0 Å². The zero-order valence-electron chi connectivity index (χ0n) is 11.9. The fraction of sp³-hybridized carbons (Fsp3) is 0.500. The highest BCUT2D eigenvalue weighted by Gasteiger charge is 1.55. The van der Waals surface area contributed by atoms with Crippen molar-refractivity contribution in [3.63, 3.8) is 0 Å². The highest BCUT2D eigenvalue weighted by molar-refractivity contribution is 4.26. The lowest BCUT2D eigenvalue weighted by atomic mass is 10.7. The molecule has 0 unspecified atom stereocenters. The molecule has 0 bridgehead atoms. The summed E-state index contributed by atoms with van der Waals surface area (Å²) in [5.74, 6) is 0. The van der Waals surface area contributed by atoms with Crippen LogP contribution < -0.4 is 34.4 Å². The molecular weight excluding hydrogens is 228 g/mol. The summed E-state index contributed by atoms with van der Waals surface area (Å²) in [6.07, 6.45) is 0. The molecule has 0 aromatic carbocycles. The van der Waals surface area contributed by atoms with Gasteiger partial charge in [0.25, 0.3) is 0 Å². The second-order valence-corrected chi connectivity index (χ2v) is 1.73. The van der Waals surface area contributed by atoms with E-state index in [0.29, 0.717) is 39.3 Å². The van der Waals surface area contributed by atoms with Gasteiger partial charge in [-0.25, -0.2) is 0 Å². The van der Waals surface area contributed by atoms with Gasteiger partial charge < -0.3 is 34.4 Å². The van der Waals surface area contributed by atoms with Gasteiger partial charge in [0.1, 0.15) is 0 Å². The molecule has 0 aliphatic heterocycles. The Morgan fingerprint density at radius 1 is 0.333 bits per heavy atom. The molecule has 0 spiro atoms. The Kier molecular flexibility index (Phi) is 289. The lowest BCUT2D eigenvalue weighted by molar-refractivity contribution is 0.976. The van der Waals surface area contributed by atoms with E-state index in [4.69, 9.17) is 34.4 Å². The molecule has 0 saturated heterocycles. The predicted molar refractivity (Wildman–Crippen MR) is 88.1 cm³/mol. The van der Waals surface area contributed by atoms with E-state index in [-0.39, 0.29) is 0 Å². The van der Waals surface area contributed by atoms with Crippen molar-refractivity contribution in [1.29, 1.82) is 0 Å². The Bertz CT molecular complexity index is 53.3. The predicted octanol–water partition coefficient (Wildman–Crippen LogP) is -0.882. The third-order valence-corrected chi connectivity index (χ3v) is 0.500. The Hall–Kier alpha value is -1.02. The monoisotopic (exact) mass is 264 g/mol. The minimum Gasteiger partial charge on any atom is -0.329 e. The van der Waals surface area contributed by atoms with Gasteiger partial charge in [0.2, 0.25) is 0 Å². The highest BCUT2D eigenvalue weighted by Crippen LogP contribution is 1.25. The van der Waals surface area contributed by atoms with Crippen molar-refractivity contribution in [2.45, 2.75) is 0 Å². The summed E-state index contributed by atoms with van der Waals surface area (Å²) in [4.78, 5) is 0. The van der Waals surface area contributed by atoms with E-state index in [1.165, 1.54) is 0 Å². The topological polar surface area (TPSA) is 156 Å². The largest absolute Gasteiger partial charge is 0.329 e. The lowest BCUT2D eigenvalue weighted by Gasteiger charge is -1.72. The average Bonchev–Trinajstić information content (AvgIpc) is 2.53. The third kappa shape index (κ3) is 747. The van der Waals surface area contributed by atoms with Gasteiger partial charge in [0, 0.05) is 39.3 Å². The van der Waals surface area contributed by atoms with Gasteiger partial charge in [-0.1, -0.05) is 0 Å². The van der Waals surface area contributed by atoms with E-state index in [2.05, 4.69) is 39.5 Å². The van der Waals surface area contributed by atoms with Gasteiger partial charge in [-0.05, 0) is 0 Å². The summed E-state index contributed by atoms with van der Waals surface area (Å²) in [6.45, 7) is 21.6. The van der Waals surface area contributed by atoms with Crippen LogP contribution in [0.4, 0.5) is 0 Å². The molecular formula is C12H36N6. The Morgan fingerprint density at radius 3 is 0.389 bits per heavy atom. The zero-order valence-corrected chi connectivity index (χ0v) is 11.9. The second-order valence-electron chi connectivity index (χ2n) is 1.73. The van der Waals surface area contributed by atoms with Crippen LogP contribution in [0.5, 0.6) is 0 Å². The standard InChI is InChI=1S/3C2H8N2.3C2H4/c3*3-1-2-4;3*1-2/h3*1-4H2;3*1-2H2. The molecule has 0 atom stereocenters. The Balaban J connectivity index is -0.0000000249. The Morgan fingerprint density at radius 2 is 0.389 bits per heavy atom. The van der Waals surface area contributed by atoms with Crippen LogP contribution in [0.3, 0.4) is 0 Å². The number of nitrogens with two attached hydrogens (primary N) is 6. The van der Waals surface area contributed by atoms with Crippen molar-refractivity contribution in [2.75, 3.05) is 39.3 Å². The van der Waals surface area contributed by atoms with Gasteiger partial charge in [0.05, 0.1) is 0 Å². The normalized spacial score (nSPS) is 5.67. The minimum absolute atomic E-state index is 0.597. The summed E-state index contributed by atoms with van der Waals surface area (Å²) in [6, 6.07) is 0. The van der Waals surface area contributed by atoms with Crippen molar-refractivity contribution in [2.24, 2.45) is 34.4 Å². The van der Waals surface area contributed by atoms with Crippen LogP contribution in [-0.4, -0.2) is 39.3 Å². The van der Waals surface area contributed by atoms with Crippen LogP contribution in [0.15, 0.2) is 39.5 Å². The van der Waals surface area contributed by atoms with Gasteiger partial charge in [-0.2, -0.15) is 0 Å². The molecule has 0 radical (unpaired) electrons. The first-order valence-electron chi connectivity index (χ1n) is 5.45. The molecule has 6 heteroatoms. The van der Waals surface area contributed by atoms with Crippen LogP contribution in [0, 0.1) is 0 Å². The molecule has 18 heavy (non-hydrogen) atoms. The SMILES string of the molecule is C=C.C=C.C=C.NCCN.NCCN.NCCN. The quantitative estimate of drug-likeness (QED) is 0.363.